The molecule has 2 atom stereocenters. The fraction of sp³-hybridized carbons (Fsp3) is 0.429. The van der Waals surface area contributed by atoms with Crippen LogP contribution in [0.3, 0.4) is 0 Å². The van der Waals surface area contributed by atoms with Crippen LogP contribution in [0.5, 0.6) is 11.5 Å². The van der Waals surface area contributed by atoms with E-state index in [1.807, 2.05) is 62.3 Å². The molecule has 0 aromatic heterocycles. The average molecular weight is 479 g/mol. The lowest BCUT2D eigenvalue weighted by Gasteiger charge is -2.27. The number of likely N-dealkylation sites (N-methyl/N-ethyl adjacent to an activating group) is 1. The van der Waals surface area contributed by atoms with Crippen LogP contribution >= 0.6 is 0 Å². The molecule has 1 amide bonds. The number of fused-ring (bicyclic) bond motifs is 1. The lowest BCUT2D eigenvalue weighted by atomic mass is 9.94. The van der Waals surface area contributed by atoms with Crippen LogP contribution in [0.1, 0.15) is 49.4 Å². The zero-order valence-electron chi connectivity index (χ0n) is 20.9. The van der Waals surface area contributed by atoms with Gasteiger partial charge in [-0.3, -0.25) is 9.59 Å². The van der Waals surface area contributed by atoms with Crippen LogP contribution in [0.2, 0.25) is 0 Å². The first-order valence-corrected chi connectivity index (χ1v) is 12.3. The van der Waals surface area contributed by atoms with Crippen molar-refractivity contribution in [2.24, 2.45) is 0 Å². The molecular formula is C28H34N2O5. The molecule has 0 aliphatic carbocycles. The van der Waals surface area contributed by atoms with E-state index in [1.165, 1.54) is 0 Å². The molecule has 1 saturated heterocycles. The minimum atomic E-state index is -0.701. The number of rotatable bonds is 9. The molecule has 2 aromatic carbocycles. The Bertz CT molecular complexity index is 1140. The van der Waals surface area contributed by atoms with Crippen molar-refractivity contribution in [2.75, 3.05) is 33.8 Å². The van der Waals surface area contributed by atoms with Crippen LogP contribution in [0.4, 0.5) is 0 Å². The third kappa shape index (κ3) is 5.20. The number of ether oxygens (including phenoxy) is 2. The fourth-order valence-corrected chi connectivity index (χ4v) is 4.60. The highest BCUT2D eigenvalue weighted by molar-refractivity contribution is 6.46. The summed E-state index contributed by atoms with van der Waals surface area (Å²) in [7, 11) is 3.84. The van der Waals surface area contributed by atoms with Crippen molar-refractivity contribution in [1.29, 1.82) is 0 Å². The third-order valence-electron chi connectivity index (χ3n) is 6.44. The predicted octanol–water partition coefficient (Wildman–Crippen LogP) is 4.17. The summed E-state index contributed by atoms with van der Waals surface area (Å²) in [5.74, 6) is 0.0228. The first-order chi connectivity index (χ1) is 16.8. The summed E-state index contributed by atoms with van der Waals surface area (Å²) < 4.78 is 11.7. The number of nitrogens with zero attached hydrogens (tertiary/aromatic N) is 2. The molecule has 1 fully saturated rings. The summed E-state index contributed by atoms with van der Waals surface area (Å²) >= 11 is 0. The fourth-order valence-electron chi connectivity index (χ4n) is 4.60. The Morgan fingerprint density at radius 3 is 2.74 bits per heavy atom. The molecule has 1 N–H and O–H groups in total. The maximum Gasteiger partial charge on any atom is 0.295 e. The molecular weight excluding hydrogens is 444 g/mol. The zero-order valence-corrected chi connectivity index (χ0v) is 20.9. The van der Waals surface area contributed by atoms with E-state index in [0.29, 0.717) is 31.0 Å². The molecule has 7 nitrogen and oxygen atoms in total. The largest absolute Gasteiger partial charge is 0.507 e. The number of carbonyl (C=O) groups excluding carboxylic acids is 2. The quantitative estimate of drug-likeness (QED) is 0.252. The van der Waals surface area contributed by atoms with E-state index in [0.717, 1.165) is 36.1 Å². The normalized spacial score (nSPS) is 20.9. The molecule has 0 unspecified atom stereocenters. The van der Waals surface area contributed by atoms with Gasteiger partial charge in [-0.2, -0.15) is 0 Å². The van der Waals surface area contributed by atoms with E-state index >= 15 is 0 Å². The molecule has 0 bridgehead atoms. The van der Waals surface area contributed by atoms with Crippen molar-refractivity contribution in [1.82, 2.24) is 9.80 Å². The monoisotopic (exact) mass is 478 g/mol. The second-order valence-electron chi connectivity index (χ2n) is 9.53. The van der Waals surface area contributed by atoms with Gasteiger partial charge in [-0.25, -0.2) is 0 Å². The van der Waals surface area contributed by atoms with Gasteiger partial charge in [-0.05, 0) is 68.9 Å². The Morgan fingerprint density at radius 1 is 1.20 bits per heavy atom. The van der Waals surface area contributed by atoms with Crippen LogP contribution in [-0.2, 0) is 16.0 Å². The smallest absolute Gasteiger partial charge is 0.295 e. The van der Waals surface area contributed by atoms with Crippen LogP contribution in [-0.4, -0.2) is 66.5 Å². The Kier molecular flexibility index (Phi) is 7.45. The number of hydrogen-bond acceptors (Lipinski definition) is 6. The van der Waals surface area contributed by atoms with Gasteiger partial charge in [0, 0.05) is 25.1 Å². The first-order valence-electron chi connectivity index (χ1n) is 12.3. The molecule has 35 heavy (non-hydrogen) atoms. The van der Waals surface area contributed by atoms with Gasteiger partial charge in [-0.15, -0.1) is 0 Å². The van der Waals surface area contributed by atoms with Gasteiger partial charge in [0.15, 0.2) is 0 Å². The minimum Gasteiger partial charge on any atom is -0.507 e. The molecule has 2 heterocycles. The van der Waals surface area contributed by atoms with Gasteiger partial charge in [-0.1, -0.05) is 25.5 Å². The molecule has 4 rings (SSSR count). The molecule has 0 spiro atoms. The Hall–Kier alpha value is -3.32. The number of aliphatic hydroxyl groups is 1. The van der Waals surface area contributed by atoms with Crippen molar-refractivity contribution >= 4 is 17.4 Å². The number of benzene rings is 2. The van der Waals surface area contributed by atoms with Crippen molar-refractivity contribution in [2.45, 2.75) is 45.3 Å². The van der Waals surface area contributed by atoms with Crippen molar-refractivity contribution in [3.8, 4) is 11.5 Å². The van der Waals surface area contributed by atoms with Gasteiger partial charge < -0.3 is 24.4 Å². The van der Waals surface area contributed by atoms with E-state index < -0.39 is 17.7 Å². The highest BCUT2D eigenvalue weighted by Gasteiger charge is 2.46. The topological polar surface area (TPSA) is 79.3 Å². The number of hydrogen-bond donors (Lipinski definition) is 1. The van der Waals surface area contributed by atoms with Gasteiger partial charge in [0.1, 0.15) is 23.4 Å². The lowest BCUT2D eigenvalue weighted by Crippen LogP contribution is -2.35. The highest BCUT2D eigenvalue weighted by Crippen LogP contribution is 2.41. The van der Waals surface area contributed by atoms with Crippen LogP contribution in [0, 0.1) is 0 Å². The van der Waals surface area contributed by atoms with E-state index in [-0.39, 0.29) is 17.4 Å². The van der Waals surface area contributed by atoms with E-state index in [9.17, 15) is 14.7 Å². The van der Waals surface area contributed by atoms with E-state index in [1.54, 1.807) is 11.0 Å². The standard InChI is InChI=1S/C28H34N2O5/c1-5-6-14-34-22-9-7-8-19(17-22)25-24(27(32)28(33)30(25)13-12-29(3)4)26(31)20-10-11-23-21(16-20)15-18(2)35-23/h7-11,16-18,25,31H,5-6,12-15H2,1-4H3/b26-24+/t18-,25+/m1/s1. The number of unbranched alkanes of at least 4 members (excludes halogenated alkanes) is 1. The van der Waals surface area contributed by atoms with Crippen LogP contribution in [0.25, 0.3) is 5.76 Å². The van der Waals surface area contributed by atoms with Gasteiger partial charge in [0.2, 0.25) is 0 Å². The predicted molar refractivity (Wildman–Crippen MR) is 135 cm³/mol. The second kappa shape index (κ2) is 10.5. The summed E-state index contributed by atoms with van der Waals surface area (Å²) in [6, 6.07) is 12.2. The zero-order chi connectivity index (χ0) is 25.1. The molecule has 186 valence electrons. The summed E-state index contributed by atoms with van der Waals surface area (Å²) in [5, 5.41) is 11.4. The molecule has 0 radical (unpaired) electrons. The summed E-state index contributed by atoms with van der Waals surface area (Å²) in [4.78, 5) is 29.9. The number of aliphatic hydroxyl groups excluding tert-OH is 1. The first kappa shape index (κ1) is 24.8. The van der Waals surface area contributed by atoms with Crippen molar-refractivity contribution < 1.29 is 24.2 Å². The number of carbonyl (C=O) groups is 2. The summed E-state index contributed by atoms with van der Waals surface area (Å²) in [6.45, 7) is 5.63. The summed E-state index contributed by atoms with van der Waals surface area (Å²) in [6.07, 6.45) is 2.75. The van der Waals surface area contributed by atoms with Gasteiger partial charge in [0.05, 0.1) is 18.2 Å². The van der Waals surface area contributed by atoms with E-state index in [4.69, 9.17) is 9.47 Å². The van der Waals surface area contributed by atoms with Crippen molar-refractivity contribution in [3.63, 3.8) is 0 Å². The molecule has 7 heteroatoms. The molecule has 2 aromatic rings. The van der Waals surface area contributed by atoms with Crippen LogP contribution < -0.4 is 9.47 Å². The molecule has 2 aliphatic heterocycles. The van der Waals surface area contributed by atoms with Gasteiger partial charge >= 0.3 is 0 Å². The third-order valence-corrected chi connectivity index (χ3v) is 6.44. The summed E-state index contributed by atoms with van der Waals surface area (Å²) in [5.41, 5.74) is 2.32. The average Bonchev–Trinajstić information content (AvgIpc) is 3.33. The maximum atomic E-state index is 13.3. The maximum absolute atomic E-state index is 13.3. The Balaban J connectivity index is 1.77. The Morgan fingerprint density at radius 2 is 2.00 bits per heavy atom. The lowest BCUT2D eigenvalue weighted by molar-refractivity contribution is -0.140. The molecule has 0 saturated carbocycles. The van der Waals surface area contributed by atoms with Crippen LogP contribution in [0.15, 0.2) is 48.0 Å². The van der Waals surface area contributed by atoms with E-state index in [2.05, 4.69) is 6.92 Å². The van der Waals surface area contributed by atoms with Crippen molar-refractivity contribution in [3.05, 3.63) is 64.7 Å². The molecule has 2 aliphatic rings. The highest BCUT2D eigenvalue weighted by atomic mass is 16.5. The number of amides is 1. The minimum absolute atomic E-state index is 0.0643. The second-order valence-corrected chi connectivity index (χ2v) is 9.53. The SMILES string of the molecule is CCCCOc1cccc([C@H]2/C(=C(\O)c3ccc4c(c3)C[C@@H](C)O4)C(=O)C(=O)N2CCN(C)C)c1. The number of Topliss-reactive ketones (excluding diaryl/α,β-unsaturated/α-hetero) is 1. The number of likely N-dealkylation sites (tertiary alicyclic amines) is 1. The number of ketones is 1. The Labute approximate surface area is 206 Å². The van der Waals surface area contributed by atoms with Gasteiger partial charge in [0.25, 0.3) is 11.7 Å².